The van der Waals surface area contributed by atoms with Crippen molar-refractivity contribution in [2.45, 2.75) is 26.5 Å². The number of amides is 1. The van der Waals surface area contributed by atoms with Gasteiger partial charge in [-0.3, -0.25) is 9.59 Å². The first-order valence-electron chi connectivity index (χ1n) is 8.33. The monoisotopic (exact) mass is 428 g/mol. The summed E-state index contributed by atoms with van der Waals surface area (Å²) in [6, 6.07) is 7.24. The lowest BCUT2D eigenvalue weighted by molar-refractivity contribution is -0.135. The average Bonchev–Trinajstić information content (AvgIpc) is 2.57. The van der Waals surface area contributed by atoms with Gasteiger partial charge in [0.2, 0.25) is 0 Å². The molecule has 0 bridgehead atoms. The van der Waals surface area contributed by atoms with E-state index in [1.54, 1.807) is 6.07 Å². The van der Waals surface area contributed by atoms with Gasteiger partial charge in [0.25, 0.3) is 5.91 Å². The second kappa shape index (κ2) is 9.61. The minimum atomic E-state index is -1.17. The molecule has 9 heteroatoms. The number of anilines is 1. The highest BCUT2D eigenvalue weighted by atomic mass is 35.5. The van der Waals surface area contributed by atoms with E-state index in [9.17, 15) is 14.0 Å². The zero-order chi connectivity index (χ0) is 20.8. The summed E-state index contributed by atoms with van der Waals surface area (Å²) in [5, 5.41) is 14.1. The molecule has 0 radical (unpaired) electrons. The lowest BCUT2D eigenvalue weighted by Gasteiger charge is -2.14. The standard InChI is InChI=1S/C19H19Cl2FN2O4/c1-10(2)24-14-4-11(3-13(22)7-14)9-28-18-15(20)5-12(6-16(18)21)19(27)23-8-17(25)26/h3-7,10,24H,8-9H2,1-2H3,(H,23,27)(H,25,26). The Balaban J connectivity index is 2.13. The number of carboxylic acids is 1. The molecule has 6 nitrogen and oxygen atoms in total. The molecule has 0 saturated carbocycles. The summed E-state index contributed by atoms with van der Waals surface area (Å²) in [5.74, 6) is -2.08. The summed E-state index contributed by atoms with van der Waals surface area (Å²) in [6.45, 7) is 3.36. The minimum Gasteiger partial charge on any atom is -0.486 e. The predicted octanol–water partition coefficient (Wildman–Crippen LogP) is 4.35. The van der Waals surface area contributed by atoms with Crippen LogP contribution in [0, 0.1) is 5.82 Å². The van der Waals surface area contributed by atoms with E-state index < -0.39 is 24.2 Å². The molecular weight excluding hydrogens is 410 g/mol. The van der Waals surface area contributed by atoms with Gasteiger partial charge in [0.15, 0.2) is 5.75 Å². The van der Waals surface area contributed by atoms with Gasteiger partial charge in [0.05, 0.1) is 10.0 Å². The van der Waals surface area contributed by atoms with Crippen LogP contribution in [-0.2, 0) is 11.4 Å². The topological polar surface area (TPSA) is 87.7 Å². The molecule has 28 heavy (non-hydrogen) atoms. The first kappa shape index (κ1) is 21.8. The average molecular weight is 429 g/mol. The first-order chi connectivity index (χ1) is 13.2. The van der Waals surface area contributed by atoms with Gasteiger partial charge >= 0.3 is 5.97 Å². The van der Waals surface area contributed by atoms with Gasteiger partial charge < -0.3 is 20.5 Å². The second-order valence-electron chi connectivity index (χ2n) is 6.28. The van der Waals surface area contributed by atoms with Crippen LogP contribution in [0.3, 0.4) is 0 Å². The number of nitrogens with one attached hydrogen (secondary N) is 2. The zero-order valence-corrected chi connectivity index (χ0v) is 16.7. The van der Waals surface area contributed by atoms with Crippen molar-refractivity contribution in [1.82, 2.24) is 5.32 Å². The minimum absolute atomic E-state index is 0.00846. The molecule has 1 amide bonds. The van der Waals surface area contributed by atoms with E-state index in [4.69, 9.17) is 33.0 Å². The van der Waals surface area contributed by atoms with Gasteiger partial charge in [0, 0.05) is 17.3 Å². The van der Waals surface area contributed by atoms with Crippen LogP contribution >= 0.6 is 23.2 Å². The summed E-state index contributed by atoms with van der Waals surface area (Å²) in [6.07, 6.45) is 0. The molecule has 0 aliphatic heterocycles. The molecule has 3 N–H and O–H groups in total. The summed E-state index contributed by atoms with van der Waals surface area (Å²) < 4.78 is 19.4. The van der Waals surface area contributed by atoms with Crippen molar-refractivity contribution in [2.24, 2.45) is 0 Å². The highest BCUT2D eigenvalue weighted by Gasteiger charge is 2.15. The van der Waals surface area contributed by atoms with E-state index in [2.05, 4.69) is 10.6 Å². The number of rotatable bonds is 8. The maximum absolute atomic E-state index is 13.8. The van der Waals surface area contributed by atoms with Crippen molar-refractivity contribution in [3.8, 4) is 5.75 Å². The number of hydrogen-bond donors (Lipinski definition) is 3. The van der Waals surface area contributed by atoms with Crippen molar-refractivity contribution >= 4 is 40.8 Å². The lowest BCUT2D eigenvalue weighted by atomic mass is 10.2. The normalized spacial score (nSPS) is 10.6. The molecule has 0 saturated heterocycles. The molecule has 0 aromatic heterocycles. The third kappa shape index (κ3) is 6.28. The quantitative estimate of drug-likeness (QED) is 0.581. The van der Waals surface area contributed by atoms with Crippen LogP contribution in [0.5, 0.6) is 5.75 Å². The van der Waals surface area contributed by atoms with Crippen molar-refractivity contribution in [3.63, 3.8) is 0 Å². The third-order valence-electron chi connectivity index (χ3n) is 3.46. The lowest BCUT2D eigenvalue weighted by Crippen LogP contribution is -2.29. The molecule has 0 atom stereocenters. The maximum Gasteiger partial charge on any atom is 0.322 e. The van der Waals surface area contributed by atoms with Crippen LogP contribution in [0.25, 0.3) is 0 Å². The molecule has 2 aromatic rings. The molecule has 2 rings (SSSR count). The van der Waals surface area contributed by atoms with Gasteiger partial charge in [-0.2, -0.15) is 0 Å². The van der Waals surface area contributed by atoms with Crippen molar-refractivity contribution in [2.75, 3.05) is 11.9 Å². The second-order valence-corrected chi connectivity index (χ2v) is 7.10. The molecule has 0 aliphatic rings. The Labute approximate surface area is 171 Å². The van der Waals surface area contributed by atoms with Gasteiger partial charge in [-0.25, -0.2) is 4.39 Å². The highest BCUT2D eigenvalue weighted by molar-refractivity contribution is 6.37. The fourth-order valence-corrected chi connectivity index (χ4v) is 2.99. The van der Waals surface area contributed by atoms with Gasteiger partial charge in [-0.1, -0.05) is 23.2 Å². The molecule has 0 unspecified atom stereocenters. The van der Waals surface area contributed by atoms with Crippen molar-refractivity contribution < 1.29 is 23.8 Å². The van der Waals surface area contributed by atoms with Crippen LogP contribution in [0.1, 0.15) is 29.8 Å². The van der Waals surface area contributed by atoms with E-state index in [1.165, 1.54) is 24.3 Å². The van der Waals surface area contributed by atoms with Crippen LogP contribution < -0.4 is 15.4 Å². The fourth-order valence-electron chi connectivity index (χ4n) is 2.39. The summed E-state index contributed by atoms with van der Waals surface area (Å²) in [4.78, 5) is 22.5. The van der Waals surface area contributed by atoms with Crippen molar-refractivity contribution in [1.29, 1.82) is 0 Å². The molecule has 0 spiro atoms. The summed E-state index contributed by atoms with van der Waals surface area (Å²) in [7, 11) is 0. The third-order valence-corrected chi connectivity index (χ3v) is 4.02. The SMILES string of the molecule is CC(C)Nc1cc(F)cc(COc2c(Cl)cc(C(=O)NCC(=O)O)cc2Cl)c1. The van der Waals surface area contributed by atoms with Gasteiger partial charge in [0.1, 0.15) is 19.0 Å². The number of aliphatic carboxylic acids is 1. The molecular formula is C19H19Cl2FN2O4. The van der Waals surface area contributed by atoms with E-state index in [0.29, 0.717) is 11.3 Å². The Bertz CT molecular complexity index is 867. The largest absolute Gasteiger partial charge is 0.486 e. The number of halogens is 3. The smallest absolute Gasteiger partial charge is 0.322 e. The predicted molar refractivity (Wildman–Crippen MR) is 106 cm³/mol. The van der Waals surface area contributed by atoms with E-state index in [0.717, 1.165) is 0 Å². The number of ether oxygens (including phenoxy) is 1. The first-order valence-corrected chi connectivity index (χ1v) is 9.09. The van der Waals surface area contributed by atoms with Crippen LogP contribution in [0.15, 0.2) is 30.3 Å². The zero-order valence-electron chi connectivity index (χ0n) is 15.2. The maximum atomic E-state index is 13.8. The van der Waals surface area contributed by atoms with Crippen molar-refractivity contribution in [3.05, 3.63) is 57.3 Å². The summed E-state index contributed by atoms with van der Waals surface area (Å²) >= 11 is 12.3. The number of benzene rings is 2. The molecule has 0 aliphatic carbocycles. The van der Waals surface area contributed by atoms with Gasteiger partial charge in [-0.05, 0) is 49.7 Å². The highest BCUT2D eigenvalue weighted by Crippen LogP contribution is 2.35. The number of hydrogen-bond acceptors (Lipinski definition) is 4. The van der Waals surface area contributed by atoms with E-state index in [1.807, 2.05) is 13.8 Å². The number of carbonyl (C=O) groups excluding carboxylic acids is 1. The Hall–Kier alpha value is -2.51. The molecule has 0 fully saturated rings. The van der Waals surface area contributed by atoms with E-state index >= 15 is 0 Å². The molecule has 2 aromatic carbocycles. The Morgan fingerprint density at radius 3 is 2.36 bits per heavy atom. The van der Waals surface area contributed by atoms with E-state index in [-0.39, 0.29) is 34.0 Å². The Morgan fingerprint density at radius 2 is 1.79 bits per heavy atom. The van der Waals surface area contributed by atoms with Crippen LogP contribution in [-0.4, -0.2) is 29.6 Å². The molecule has 150 valence electrons. The van der Waals surface area contributed by atoms with Gasteiger partial charge in [-0.15, -0.1) is 0 Å². The van der Waals surface area contributed by atoms with Crippen LogP contribution in [0.2, 0.25) is 10.0 Å². The summed E-state index contributed by atoms with van der Waals surface area (Å²) in [5.41, 5.74) is 1.28. The number of carboxylic acid groups (broad SMARTS) is 1. The Kier molecular flexibility index (Phi) is 7.48. The fraction of sp³-hybridized carbons (Fsp3) is 0.263. The van der Waals surface area contributed by atoms with Crippen LogP contribution in [0.4, 0.5) is 10.1 Å². The molecule has 0 heterocycles. The number of carbonyl (C=O) groups is 2. The Morgan fingerprint density at radius 1 is 1.14 bits per heavy atom.